The highest BCUT2D eigenvalue weighted by Crippen LogP contribution is 2.33. The summed E-state index contributed by atoms with van der Waals surface area (Å²) in [7, 11) is 0. The van der Waals surface area contributed by atoms with Gasteiger partial charge in [-0.05, 0) is 18.4 Å². The molecule has 1 aliphatic rings. The Balaban J connectivity index is 1.85. The van der Waals surface area contributed by atoms with E-state index in [1.54, 1.807) is 0 Å². The maximum atomic E-state index is 2.22. The maximum Gasteiger partial charge on any atom is 0.0141 e. The van der Waals surface area contributed by atoms with Gasteiger partial charge in [0, 0.05) is 11.0 Å². The summed E-state index contributed by atoms with van der Waals surface area (Å²) in [5, 5.41) is 0.982. The van der Waals surface area contributed by atoms with Gasteiger partial charge in [0.05, 0.1) is 0 Å². The minimum Gasteiger partial charge on any atom is -0.157 e. The zero-order chi connectivity index (χ0) is 7.52. The highest BCUT2D eigenvalue weighted by molar-refractivity contribution is 8.06. The van der Waals surface area contributed by atoms with Crippen molar-refractivity contribution in [3.8, 4) is 0 Å². The van der Waals surface area contributed by atoms with Crippen LogP contribution >= 0.6 is 11.8 Å². The van der Waals surface area contributed by atoms with Gasteiger partial charge in [-0.2, -0.15) is 11.8 Å². The number of rotatable bonds is 3. The number of hydrogen-bond donors (Lipinski definition) is 0. The van der Waals surface area contributed by atoms with E-state index in [1.165, 1.54) is 24.2 Å². The molecule has 58 valence electrons. The standard InChI is InChI=1S/C10H12S/c1-2-4-9(5-3-1)6-7-10-8-11-10/h1-5,10H,6-8H2. The van der Waals surface area contributed by atoms with Gasteiger partial charge in [-0.1, -0.05) is 30.3 Å². The van der Waals surface area contributed by atoms with Crippen LogP contribution in [0.3, 0.4) is 0 Å². The Labute approximate surface area is 72.0 Å². The SMILES string of the molecule is c1ccc(CCC2CS2)cc1. The third kappa shape index (κ3) is 2.26. The van der Waals surface area contributed by atoms with Crippen molar-refractivity contribution in [1.29, 1.82) is 0 Å². The van der Waals surface area contributed by atoms with E-state index in [0.29, 0.717) is 0 Å². The van der Waals surface area contributed by atoms with E-state index in [1.807, 2.05) is 0 Å². The van der Waals surface area contributed by atoms with Crippen LogP contribution in [-0.2, 0) is 6.42 Å². The topological polar surface area (TPSA) is 0 Å². The molecule has 0 aliphatic carbocycles. The number of thioether (sulfide) groups is 1. The van der Waals surface area contributed by atoms with Gasteiger partial charge in [0.25, 0.3) is 0 Å². The predicted octanol–water partition coefficient (Wildman–Crippen LogP) is 2.73. The van der Waals surface area contributed by atoms with Gasteiger partial charge in [-0.3, -0.25) is 0 Å². The van der Waals surface area contributed by atoms with Gasteiger partial charge < -0.3 is 0 Å². The van der Waals surface area contributed by atoms with E-state index in [-0.39, 0.29) is 0 Å². The molecular formula is C10H12S. The number of hydrogen-bond acceptors (Lipinski definition) is 1. The van der Waals surface area contributed by atoms with E-state index in [2.05, 4.69) is 42.1 Å². The van der Waals surface area contributed by atoms with Gasteiger partial charge in [-0.15, -0.1) is 0 Å². The first kappa shape index (κ1) is 7.23. The lowest BCUT2D eigenvalue weighted by atomic mass is 10.1. The largest absolute Gasteiger partial charge is 0.157 e. The van der Waals surface area contributed by atoms with Gasteiger partial charge >= 0.3 is 0 Å². The molecule has 0 radical (unpaired) electrons. The Morgan fingerprint density at radius 1 is 1.27 bits per heavy atom. The van der Waals surface area contributed by atoms with Crippen LogP contribution in [0, 0.1) is 0 Å². The quantitative estimate of drug-likeness (QED) is 0.619. The Morgan fingerprint density at radius 3 is 2.64 bits per heavy atom. The second-order valence-electron chi connectivity index (χ2n) is 2.98. The van der Waals surface area contributed by atoms with Crippen molar-refractivity contribution in [2.75, 3.05) is 5.75 Å². The Hall–Kier alpha value is -0.430. The minimum atomic E-state index is 0.982. The molecule has 1 atom stereocenters. The number of aryl methyl sites for hydroxylation is 1. The van der Waals surface area contributed by atoms with Crippen LogP contribution < -0.4 is 0 Å². The fraction of sp³-hybridized carbons (Fsp3) is 0.400. The van der Waals surface area contributed by atoms with Crippen LogP contribution in [0.1, 0.15) is 12.0 Å². The molecule has 2 rings (SSSR count). The summed E-state index contributed by atoms with van der Waals surface area (Å²) in [6, 6.07) is 10.8. The first-order valence-corrected chi connectivity index (χ1v) is 5.15. The maximum absolute atomic E-state index is 2.22. The van der Waals surface area contributed by atoms with Crippen LogP contribution in [-0.4, -0.2) is 11.0 Å². The highest BCUT2D eigenvalue weighted by Gasteiger charge is 2.21. The molecule has 1 fully saturated rings. The first-order chi connectivity index (χ1) is 5.45. The zero-order valence-corrected chi connectivity index (χ0v) is 7.31. The Kier molecular flexibility index (Phi) is 2.18. The third-order valence-electron chi connectivity index (χ3n) is 2.00. The normalized spacial score (nSPS) is 21.6. The van der Waals surface area contributed by atoms with Crippen LogP contribution in [0.2, 0.25) is 0 Å². The average Bonchev–Trinajstić information content (AvgIpc) is 2.86. The molecule has 1 aliphatic heterocycles. The first-order valence-electron chi connectivity index (χ1n) is 4.11. The van der Waals surface area contributed by atoms with E-state index in [4.69, 9.17) is 0 Å². The Morgan fingerprint density at radius 2 is 2.00 bits per heavy atom. The van der Waals surface area contributed by atoms with Crippen LogP contribution in [0.15, 0.2) is 30.3 Å². The van der Waals surface area contributed by atoms with E-state index >= 15 is 0 Å². The van der Waals surface area contributed by atoms with Crippen molar-refractivity contribution in [2.45, 2.75) is 18.1 Å². The van der Waals surface area contributed by atoms with Crippen molar-refractivity contribution in [2.24, 2.45) is 0 Å². The summed E-state index contributed by atoms with van der Waals surface area (Å²) in [6.07, 6.45) is 2.63. The highest BCUT2D eigenvalue weighted by atomic mass is 32.2. The van der Waals surface area contributed by atoms with Gasteiger partial charge in [0.2, 0.25) is 0 Å². The molecule has 1 aromatic carbocycles. The molecule has 1 aromatic rings. The summed E-state index contributed by atoms with van der Waals surface area (Å²) in [6.45, 7) is 0. The lowest BCUT2D eigenvalue weighted by molar-refractivity contribution is 0.860. The molecule has 0 N–H and O–H groups in total. The van der Waals surface area contributed by atoms with Crippen molar-refractivity contribution in [1.82, 2.24) is 0 Å². The van der Waals surface area contributed by atoms with Gasteiger partial charge in [0.1, 0.15) is 0 Å². The van der Waals surface area contributed by atoms with Crippen LogP contribution in [0.4, 0.5) is 0 Å². The minimum absolute atomic E-state index is 0.982. The number of benzene rings is 1. The molecule has 0 bridgehead atoms. The smallest absolute Gasteiger partial charge is 0.0141 e. The van der Waals surface area contributed by atoms with E-state index in [0.717, 1.165) is 5.25 Å². The second-order valence-corrected chi connectivity index (χ2v) is 4.31. The summed E-state index contributed by atoms with van der Waals surface area (Å²) in [5.74, 6) is 1.40. The molecule has 0 nitrogen and oxygen atoms in total. The summed E-state index contributed by atoms with van der Waals surface area (Å²) < 4.78 is 0. The molecule has 11 heavy (non-hydrogen) atoms. The fourth-order valence-corrected chi connectivity index (χ4v) is 1.79. The molecule has 1 heterocycles. The molecular weight excluding hydrogens is 152 g/mol. The summed E-state index contributed by atoms with van der Waals surface area (Å²) >= 11 is 2.09. The Bertz CT molecular complexity index is 214. The summed E-state index contributed by atoms with van der Waals surface area (Å²) in [4.78, 5) is 0. The summed E-state index contributed by atoms with van der Waals surface area (Å²) in [5.41, 5.74) is 1.49. The van der Waals surface area contributed by atoms with Crippen molar-refractivity contribution >= 4 is 11.8 Å². The molecule has 0 aromatic heterocycles. The molecule has 0 saturated carbocycles. The van der Waals surface area contributed by atoms with Crippen LogP contribution in [0.5, 0.6) is 0 Å². The molecule has 0 spiro atoms. The van der Waals surface area contributed by atoms with Crippen molar-refractivity contribution in [3.63, 3.8) is 0 Å². The van der Waals surface area contributed by atoms with Gasteiger partial charge in [-0.25, -0.2) is 0 Å². The van der Waals surface area contributed by atoms with Gasteiger partial charge in [0.15, 0.2) is 0 Å². The van der Waals surface area contributed by atoms with E-state index < -0.39 is 0 Å². The van der Waals surface area contributed by atoms with Crippen LogP contribution in [0.25, 0.3) is 0 Å². The van der Waals surface area contributed by atoms with Crippen molar-refractivity contribution in [3.05, 3.63) is 35.9 Å². The monoisotopic (exact) mass is 164 g/mol. The lowest BCUT2D eigenvalue weighted by Crippen LogP contribution is -1.88. The molecule has 1 unspecified atom stereocenters. The van der Waals surface area contributed by atoms with E-state index in [9.17, 15) is 0 Å². The molecule has 1 saturated heterocycles. The second kappa shape index (κ2) is 3.31. The fourth-order valence-electron chi connectivity index (χ4n) is 1.21. The lowest BCUT2D eigenvalue weighted by Gasteiger charge is -1.97. The molecule has 0 amide bonds. The third-order valence-corrected chi connectivity index (χ3v) is 3.04. The molecule has 1 heteroatoms. The predicted molar refractivity (Wildman–Crippen MR) is 51.0 cm³/mol. The average molecular weight is 164 g/mol. The van der Waals surface area contributed by atoms with Crippen molar-refractivity contribution < 1.29 is 0 Å². The zero-order valence-electron chi connectivity index (χ0n) is 6.49.